The molecule has 3 rings (SSSR count). The molecule has 2 aromatic carbocycles. The maximum absolute atomic E-state index is 5.29. The van der Waals surface area contributed by atoms with Crippen molar-refractivity contribution >= 4 is 27.0 Å². The topological polar surface area (TPSA) is 37.9 Å². The summed E-state index contributed by atoms with van der Waals surface area (Å²) in [6.45, 7) is 6.64. The first kappa shape index (κ1) is 15.1. The molecule has 0 unspecified atom stereocenters. The SMILES string of the molecule is COc1cc(Br)c2nc(-c3ccc(C(C)(C)C)cc3)[nH]c2c1. The summed E-state index contributed by atoms with van der Waals surface area (Å²) in [5.41, 5.74) is 4.42. The Morgan fingerprint density at radius 1 is 1.09 bits per heavy atom. The molecule has 3 nitrogen and oxygen atoms in total. The molecule has 0 fully saturated rings. The molecule has 0 spiro atoms. The van der Waals surface area contributed by atoms with E-state index in [2.05, 4.69) is 66.0 Å². The Labute approximate surface area is 138 Å². The van der Waals surface area contributed by atoms with Gasteiger partial charge in [-0.25, -0.2) is 4.98 Å². The lowest BCUT2D eigenvalue weighted by Gasteiger charge is -2.18. The predicted octanol–water partition coefficient (Wildman–Crippen LogP) is 5.30. The van der Waals surface area contributed by atoms with Gasteiger partial charge in [0.25, 0.3) is 0 Å². The van der Waals surface area contributed by atoms with E-state index >= 15 is 0 Å². The minimum atomic E-state index is 0.156. The standard InChI is InChI=1S/C18H19BrN2O/c1-18(2,3)12-7-5-11(6-8-12)17-20-15-10-13(22-4)9-14(19)16(15)21-17/h5-10H,1-4H3,(H,20,21). The van der Waals surface area contributed by atoms with E-state index in [0.717, 1.165) is 32.6 Å². The van der Waals surface area contributed by atoms with Crippen LogP contribution in [0, 0.1) is 0 Å². The van der Waals surface area contributed by atoms with Gasteiger partial charge in [-0.1, -0.05) is 45.0 Å². The molecule has 3 aromatic rings. The lowest BCUT2D eigenvalue weighted by molar-refractivity contribution is 0.415. The molecule has 0 radical (unpaired) electrons. The highest BCUT2D eigenvalue weighted by Gasteiger charge is 2.14. The zero-order valence-electron chi connectivity index (χ0n) is 13.2. The third-order valence-electron chi connectivity index (χ3n) is 3.77. The molecule has 22 heavy (non-hydrogen) atoms. The molecule has 0 atom stereocenters. The summed E-state index contributed by atoms with van der Waals surface area (Å²) in [5, 5.41) is 0. The molecule has 0 saturated heterocycles. The van der Waals surface area contributed by atoms with Crippen LogP contribution in [0.15, 0.2) is 40.9 Å². The number of benzene rings is 2. The van der Waals surface area contributed by atoms with Crippen molar-refractivity contribution in [2.75, 3.05) is 7.11 Å². The summed E-state index contributed by atoms with van der Waals surface area (Å²) in [6, 6.07) is 12.4. The lowest BCUT2D eigenvalue weighted by atomic mass is 9.87. The van der Waals surface area contributed by atoms with Crippen LogP contribution in [0.25, 0.3) is 22.4 Å². The number of rotatable bonds is 2. The summed E-state index contributed by atoms with van der Waals surface area (Å²) < 4.78 is 6.22. The van der Waals surface area contributed by atoms with Gasteiger partial charge in [-0.2, -0.15) is 0 Å². The Kier molecular flexibility index (Phi) is 3.73. The van der Waals surface area contributed by atoms with Crippen LogP contribution in [0.1, 0.15) is 26.3 Å². The van der Waals surface area contributed by atoms with Crippen molar-refractivity contribution in [2.24, 2.45) is 0 Å². The van der Waals surface area contributed by atoms with E-state index in [1.807, 2.05) is 12.1 Å². The molecule has 0 bridgehead atoms. The van der Waals surface area contributed by atoms with Gasteiger partial charge in [0, 0.05) is 16.1 Å². The maximum atomic E-state index is 5.29. The Balaban J connectivity index is 2.05. The number of hydrogen-bond acceptors (Lipinski definition) is 2. The predicted molar refractivity (Wildman–Crippen MR) is 94.5 cm³/mol. The molecule has 1 N–H and O–H groups in total. The number of imidazole rings is 1. The first-order valence-electron chi connectivity index (χ1n) is 7.22. The van der Waals surface area contributed by atoms with Crippen molar-refractivity contribution in [2.45, 2.75) is 26.2 Å². The number of aromatic nitrogens is 2. The van der Waals surface area contributed by atoms with Crippen LogP contribution in [0.2, 0.25) is 0 Å². The van der Waals surface area contributed by atoms with Crippen molar-refractivity contribution in [3.8, 4) is 17.1 Å². The fourth-order valence-electron chi connectivity index (χ4n) is 2.43. The fraction of sp³-hybridized carbons (Fsp3) is 0.278. The normalized spacial score (nSPS) is 11.9. The first-order valence-corrected chi connectivity index (χ1v) is 8.02. The first-order chi connectivity index (χ1) is 10.4. The average Bonchev–Trinajstić information content (AvgIpc) is 2.91. The summed E-state index contributed by atoms with van der Waals surface area (Å²) in [4.78, 5) is 8.06. The molecule has 0 aliphatic rings. The Morgan fingerprint density at radius 3 is 2.36 bits per heavy atom. The highest BCUT2D eigenvalue weighted by atomic mass is 79.9. The van der Waals surface area contributed by atoms with Crippen LogP contribution in [-0.4, -0.2) is 17.1 Å². The number of methoxy groups -OCH3 is 1. The highest BCUT2D eigenvalue weighted by molar-refractivity contribution is 9.10. The maximum Gasteiger partial charge on any atom is 0.138 e. The zero-order chi connectivity index (χ0) is 15.9. The van der Waals surface area contributed by atoms with E-state index in [-0.39, 0.29) is 5.41 Å². The molecule has 0 amide bonds. The van der Waals surface area contributed by atoms with Crippen LogP contribution < -0.4 is 4.74 Å². The summed E-state index contributed by atoms with van der Waals surface area (Å²) >= 11 is 3.55. The highest BCUT2D eigenvalue weighted by Crippen LogP contribution is 2.31. The average molecular weight is 359 g/mol. The van der Waals surface area contributed by atoms with Gasteiger partial charge in [0.2, 0.25) is 0 Å². The minimum absolute atomic E-state index is 0.156. The number of hydrogen-bond donors (Lipinski definition) is 1. The number of aromatic amines is 1. The van der Waals surface area contributed by atoms with Crippen molar-refractivity contribution in [3.63, 3.8) is 0 Å². The van der Waals surface area contributed by atoms with Gasteiger partial charge in [-0.05, 0) is 33.0 Å². The molecule has 0 aliphatic carbocycles. The second-order valence-electron chi connectivity index (χ2n) is 6.42. The van der Waals surface area contributed by atoms with Crippen LogP contribution in [0.4, 0.5) is 0 Å². The van der Waals surface area contributed by atoms with E-state index in [1.54, 1.807) is 7.11 Å². The number of nitrogens with zero attached hydrogens (tertiary/aromatic N) is 1. The minimum Gasteiger partial charge on any atom is -0.497 e. The second kappa shape index (κ2) is 5.43. The Hall–Kier alpha value is -1.81. The number of fused-ring (bicyclic) bond motifs is 1. The van der Waals surface area contributed by atoms with Gasteiger partial charge in [0.15, 0.2) is 0 Å². The Morgan fingerprint density at radius 2 is 1.77 bits per heavy atom. The van der Waals surface area contributed by atoms with Crippen LogP contribution in [0.3, 0.4) is 0 Å². The summed E-state index contributed by atoms with van der Waals surface area (Å²) in [7, 11) is 1.66. The molecule has 4 heteroatoms. The molecule has 1 heterocycles. The van der Waals surface area contributed by atoms with Crippen molar-refractivity contribution in [1.29, 1.82) is 0 Å². The van der Waals surface area contributed by atoms with Crippen LogP contribution in [0.5, 0.6) is 5.75 Å². The van der Waals surface area contributed by atoms with Crippen molar-refractivity contribution in [1.82, 2.24) is 9.97 Å². The van der Waals surface area contributed by atoms with E-state index in [1.165, 1.54) is 5.56 Å². The fourth-order valence-corrected chi connectivity index (χ4v) is 2.96. The molecule has 0 saturated carbocycles. The van der Waals surface area contributed by atoms with E-state index in [4.69, 9.17) is 9.72 Å². The third kappa shape index (κ3) is 2.75. The smallest absolute Gasteiger partial charge is 0.138 e. The quantitative estimate of drug-likeness (QED) is 0.674. The van der Waals surface area contributed by atoms with Gasteiger partial charge in [0.1, 0.15) is 17.1 Å². The van der Waals surface area contributed by atoms with Gasteiger partial charge in [-0.15, -0.1) is 0 Å². The molecule has 1 aromatic heterocycles. The lowest BCUT2D eigenvalue weighted by Crippen LogP contribution is -2.10. The van der Waals surface area contributed by atoms with E-state index in [0.29, 0.717) is 0 Å². The Bertz CT molecular complexity index is 813. The molecular weight excluding hydrogens is 340 g/mol. The zero-order valence-corrected chi connectivity index (χ0v) is 14.8. The van der Waals surface area contributed by atoms with E-state index in [9.17, 15) is 0 Å². The largest absolute Gasteiger partial charge is 0.497 e. The molecule has 114 valence electrons. The van der Waals surface area contributed by atoms with Gasteiger partial charge in [0.05, 0.1) is 12.6 Å². The summed E-state index contributed by atoms with van der Waals surface area (Å²) in [5.74, 6) is 1.67. The van der Waals surface area contributed by atoms with Crippen LogP contribution >= 0.6 is 15.9 Å². The molecule has 0 aliphatic heterocycles. The van der Waals surface area contributed by atoms with Crippen molar-refractivity contribution < 1.29 is 4.74 Å². The summed E-state index contributed by atoms with van der Waals surface area (Å²) in [6.07, 6.45) is 0. The van der Waals surface area contributed by atoms with Gasteiger partial charge in [-0.3, -0.25) is 0 Å². The number of ether oxygens (including phenoxy) is 1. The van der Waals surface area contributed by atoms with Gasteiger partial charge < -0.3 is 9.72 Å². The second-order valence-corrected chi connectivity index (χ2v) is 7.27. The third-order valence-corrected chi connectivity index (χ3v) is 4.38. The number of H-pyrrole nitrogens is 1. The monoisotopic (exact) mass is 358 g/mol. The molecular formula is C18H19BrN2O. The van der Waals surface area contributed by atoms with Crippen LogP contribution in [-0.2, 0) is 5.41 Å². The van der Waals surface area contributed by atoms with Crippen molar-refractivity contribution in [3.05, 3.63) is 46.4 Å². The number of nitrogens with one attached hydrogen (secondary N) is 1. The number of halogens is 1. The van der Waals surface area contributed by atoms with Gasteiger partial charge >= 0.3 is 0 Å². The van der Waals surface area contributed by atoms with E-state index < -0.39 is 0 Å².